The maximum atomic E-state index is 11.7. The van der Waals surface area contributed by atoms with E-state index in [2.05, 4.69) is 4.90 Å². The highest BCUT2D eigenvalue weighted by Crippen LogP contribution is 2.19. The fourth-order valence-corrected chi connectivity index (χ4v) is 2.12. The van der Waals surface area contributed by atoms with Crippen LogP contribution in [0.1, 0.15) is 23.9 Å². The summed E-state index contributed by atoms with van der Waals surface area (Å²) >= 11 is 0. The molecule has 88 valence electrons. The number of aliphatic hydroxyl groups excluding tert-OH is 1. The summed E-state index contributed by atoms with van der Waals surface area (Å²) < 4.78 is 5.05. The van der Waals surface area contributed by atoms with E-state index < -0.39 is 0 Å². The third-order valence-electron chi connectivity index (χ3n) is 3.15. The van der Waals surface area contributed by atoms with Gasteiger partial charge in [-0.15, -0.1) is 0 Å². The van der Waals surface area contributed by atoms with Gasteiger partial charge in [-0.05, 0) is 37.9 Å². The van der Waals surface area contributed by atoms with Crippen LogP contribution in [0.15, 0.2) is 22.8 Å². The number of carbonyl (C=O) groups is 1. The number of rotatable bonds is 4. The second kappa shape index (κ2) is 4.80. The van der Waals surface area contributed by atoms with E-state index in [0.717, 1.165) is 19.5 Å². The minimum atomic E-state index is -0.288. The molecule has 0 radical (unpaired) electrons. The SMILES string of the molecule is CC(O)C1CCN(CC(=O)c2ccco2)C1. The minimum absolute atomic E-state index is 0.0104. The molecule has 0 aliphatic carbocycles. The zero-order chi connectivity index (χ0) is 11.5. The summed E-state index contributed by atoms with van der Waals surface area (Å²) in [4.78, 5) is 13.8. The summed E-state index contributed by atoms with van der Waals surface area (Å²) in [5.74, 6) is 0.723. The Bertz CT molecular complexity index is 345. The topological polar surface area (TPSA) is 53.7 Å². The molecule has 0 spiro atoms. The van der Waals surface area contributed by atoms with E-state index in [4.69, 9.17) is 4.42 Å². The largest absolute Gasteiger partial charge is 0.461 e. The molecule has 0 bridgehead atoms. The van der Waals surface area contributed by atoms with Gasteiger partial charge in [0.1, 0.15) is 0 Å². The Morgan fingerprint density at radius 2 is 2.56 bits per heavy atom. The number of furan rings is 1. The van der Waals surface area contributed by atoms with Crippen LogP contribution < -0.4 is 0 Å². The Kier molecular flexibility index (Phi) is 3.41. The van der Waals surface area contributed by atoms with Crippen LogP contribution in [-0.2, 0) is 0 Å². The van der Waals surface area contributed by atoms with Gasteiger partial charge in [0.05, 0.1) is 18.9 Å². The van der Waals surface area contributed by atoms with Gasteiger partial charge in [-0.25, -0.2) is 0 Å². The molecule has 1 aliphatic rings. The average molecular weight is 223 g/mol. The van der Waals surface area contributed by atoms with Gasteiger partial charge in [-0.3, -0.25) is 9.69 Å². The Hall–Kier alpha value is -1.13. The van der Waals surface area contributed by atoms with Gasteiger partial charge in [0.2, 0.25) is 5.78 Å². The zero-order valence-corrected chi connectivity index (χ0v) is 9.43. The van der Waals surface area contributed by atoms with E-state index in [9.17, 15) is 9.90 Å². The van der Waals surface area contributed by atoms with Crippen molar-refractivity contribution in [1.29, 1.82) is 0 Å². The molecular formula is C12H17NO3. The molecule has 2 unspecified atom stereocenters. The second-order valence-corrected chi connectivity index (χ2v) is 4.42. The Morgan fingerprint density at radius 1 is 1.75 bits per heavy atom. The second-order valence-electron chi connectivity index (χ2n) is 4.42. The molecule has 4 heteroatoms. The van der Waals surface area contributed by atoms with Crippen LogP contribution in [-0.4, -0.2) is 41.5 Å². The van der Waals surface area contributed by atoms with Gasteiger partial charge in [0, 0.05) is 6.54 Å². The summed E-state index contributed by atoms with van der Waals surface area (Å²) in [5.41, 5.74) is 0. The van der Waals surface area contributed by atoms with Gasteiger partial charge in [-0.1, -0.05) is 0 Å². The summed E-state index contributed by atoms with van der Waals surface area (Å²) in [6, 6.07) is 3.40. The number of ketones is 1. The molecule has 1 aromatic heterocycles. The van der Waals surface area contributed by atoms with Crippen molar-refractivity contribution in [3.8, 4) is 0 Å². The summed E-state index contributed by atoms with van der Waals surface area (Å²) in [5, 5.41) is 9.46. The van der Waals surface area contributed by atoms with Crippen LogP contribution in [0.4, 0.5) is 0 Å². The molecule has 1 saturated heterocycles. The number of nitrogens with zero attached hydrogens (tertiary/aromatic N) is 1. The monoisotopic (exact) mass is 223 g/mol. The van der Waals surface area contributed by atoms with Crippen LogP contribution >= 0.6 is 0 Å². The Balaban J connectivity index is 1.86. The van der Waals surface area contributed by atoms with Crippen LogP contribution in [0.25, 0.3) is 0 Å². The highest BCUT2D eigenvalue weighted by Gasteiger charge is 2.27. The molecule has 2 heterocycles. The van der Waals surface area contributed by atoms with Gasteiger partial charge in [0.25, 0.3) is 0 Å². The molecule has 1 fully saturated rings. The molecule has 0 saturated carbocycles. The van der Waals surface area contributed by atoms with Gasteiger partial charge in [0.15, 0.2) is 5.76 Å². The molecule has 2 atom stereocenters. The maximum absolute atomic E-state index is 11.7. The Labute approximate surface area is 94.9 Å². The Morgan fingerprint density at radius 3 is 3.12 bits per heavy atom. The van der Waals surface area contributed by atoms with Crippen molar-refractivity contribution in [2.24, 2.45) is 5.92 Å². The predicted octanol–water partition coefficient (Wildman–Crippen LogP) is 1.17. The molecule has 1 aliphatic heterocycles. The zero-order valence-electron chi connectivity index (χ0n) is 9.43. The van der Waals surface area contributed by atoms with E-state index in [-0.39, 0.29) is 11.9 Å². The standard InChI is InChI=1S/C12H17NO3/c1-9(14)10-4-5-13(7-10)8-11(15)12-3-2-6-16-12/h2-3,6,9-10,14H,4-5,7-8H2,1H3. The number of carbonyl (C=O) groups excluding carboxylic acids is 1. The fraction of sp³-hybridized carbons (Fsp3) is 0.583. The normalized spacial score (nSPS) is 23.5. The lowest BCUT2D eigenvalue weighted by Crippen LogP contribution is -2.29. The molecule has 4 nitrogen and oxygen atoms in total. The van der Waals surface area contributed by atoms with Crippen LogP contribution in [0.3, 0.4) is 0 Å². The van der Waals surface area contributed by atoms with Crippen molar-refractivity contribution < 1.29 is 14.3 Å². The first kappa shape index (κ1) is 11.4. The first-order valence-electron chi connectivity index (χ1n) is 5.64. The molecular weight excluding hydrogens is 206 g/mol. The van der Waals surface area contributed by atoms with E-state index in [1.165, 1.54) is 6.26 Å². The van der Waals surface area contributed by atoms with Crippen molar-refractivity contribution in [3.63, 3.8) is 0 Å². The quantitative estimate of drug-likeness (QED) is 0.778. The van der Waals surface area contributed by atoms with Crippen molar-refractivity contribution in [2.75, 3.05) is 19.6 Å². The first-order chi connectivity index (χ1) is 7.66. The molecule has 16 heavy (non-hydrogen) atoms. The number of hydrogen-bond acceptors (Lipinski definition) is 4. The maximum Gasteiger partial charge on any atom is 0.211 e. The van der Waals surface area contributed by atoms with Gasteiger partial charge >= 0.3 is 0 Å². The third-order valence-corrected chi connectivity index (χ3v) is 3.15. The van der Waals surface area contributed by atoms with Gasteiger partial charge < -0.3 is 9.52 Å². The number of hydrogen-bond donors (Lipinski definition) is 1. The summed E-state index contributed by atoms with van der Waals surface area (Å²) in [6.45, 7) is 3.87. The molecule has 1 aromatic rings. The predicted molar refractivity (Wildman–Crippen MR) is 59.3 cm³/mol. The fourth-order valence-electron chi connectivity index (χ4n) is 2.12. The first-order valence-corrected chi connectivity index (χ1v) is 5.64. The lowest BCUT2D eigenvalue weighted by molar-refractivity contribution is 0.0899. The van der Waals surface area contributed by atoms with E-state index >= 15 is 0 Å². The van der Waals surface area contributed by atoms with E-state index in [1.807, 2.05) is 6.92 Å². The van der Waals surface area contributed by atoms with Crippen molar-refractivity contribution in [2.45, 2.75) is 19.4 Å². The highest BCUT2D eigenvalue weighted by atomic mass is 16.3. The lowest BCUT2D eigenvalue weighted by atomic mass is 10.0. The molecule has 0 aromatic carbocycles. The third kappa shape index (κ3) is 2.51. The van der Waals surface area contributed by atoms with Crippen molar-refractivity contribution in [1.82, 2.24) is 4.90 Å². The molecule has 2 rings (SSSR count). The van der Waals surface area contributed by atoms with E-state index in [1.54, 1.807) is 12.1 Å². The average Bonchev–Trinajstić information content (AvgIpc) is 2.87. The molecule has 0 amide bonds. The minimum Gasteiger partial charge on any atom is -0.461 e. The number of likely N-dealkylation sites (tertiary alicyclic amines) is 1. The van der Waals surface area contributed by atoms with Crippen molar-refractivity contribution in [3.05, 3.63) is 24.2 Å². The smallest absolute Gasteiger partial charge is 0.211 e. The van der Waals surface area contributed by atoms with Crippen LogP contribution in [0.5, 0.6) is 0 Å². The van der Waals surface area contributed by atoms with Crippen molar-refractivity contribution >= 4 is 5.78 Å². The number of aliphatic hydroxyl groups is 1. The number of Topliss-reactive ketones (excluding diaryl/α,β-unsaturated/α-hetero) is 1. The highest BCUT2D eigenvalue weighted by molar-refractivity contribution is 5.95. The van der Waals surface area contributed by atoms with Crippen LogP contribution in [0.2, 0.25) is 0 Å². The van der Waals surface area contributed by atoms with E-state index in [0.29, 0.717) is 18.2 Å². The summed E-state index contributed by atoms with van der Waals surface area (Å²) in [7, 11) is 0. The summed E-state index contributed by atoms with van der Waals surface area (Å²) in [6.07, 6.45) is 2.18. The molecule has 1 N–H and O–H groups in total. The van der Waals surface area contributed by atoms with Crippen LogP contribution in [0, 0.1) is 5.92 Å². The van der Waals surface area contributed by atoms with Gasteiger partial charge in [-0.2, -0.15) is 0 Å². The lowest BCUT2D eigenvalue weighted by Gasteiger charge is -2.15.